The van der Waals surface area contributed by atoms with Crippen molar-refractivity contribution in [2.24, 2.45) is 23.9 Å². The molecule has 22 nitrogen and oxygen atoms in total. The van der Waals surface area contributed by atoms with E-state index >= 15 is 0 Å². The van der Waals surface area contributed by atoms with Crippen molar-refractivity contribution in [1.82, 2.24) is 24.3 Å². The fourth-order valence-electron chi connectivity index (χ4n) is 4.52. The smallest absolute Gasteiger partial charge is 0.352 e. The number of hydrogen-bond acceptors (Lipinski definition) is 18. The zero-order valence-electron chi connectivity index (χ0n) is 26.2. The number of urea groups is 1. The zero-order chi connectivity index (χ0) is 36.6. The largest absolute Gasteiger partial charge is 0.750 e. The Labute approximate surface area is 288 Å². The highest BCUT2D eigenvalue weighted by Crippen LogP contribution is 2.44. The third kappa shape index (κ3) is 9.83. The van der Waals surface area contributed by atoms with E-state index in [1.807, 2.05) is 0 Å². The monoisotopic (exact) mass is 748 g/mol. The number of carboxylic acids is 2. The van der Waals surface area contributed by atoms with Crippen LogP contribution in [0.25, 0.3) is 0 Å². The van der Waals surface area contributed by atoms with Crippen molar-refractivity contribution in [3.63, 3.8) is 0 Å². The standard InChI is InChI=1S/C24H33N11O7S2.H2O4S/c1-24(2,21(39)40)42-31-15(18-30-22(27)44-32-18)14(36)6-11-8-35-16(20(37)38)12(10-43-19(11)35)7-34-9-13(17(26)33(34)3)29-23(41)28-5-4-25;1-4-5(2)3/h9,11,19,26H,4-8,10,25H2,1-3H3,(H6,27,28,29,30,32,37,38,39,40,41);1H,(H,2,3)/p-1/b31-15+;/t11-,19-;/m1./s1. The Morgan fingerprint density at radius 2 is 1.96 bits per heavy atom. The van der Waals surface area contributed by atoms with E-state index in [2.05, 4.69) is 29.5 Å². The molecule has 4 heterocycles. The van der Waals surface area contributed by atoms with Crippen LogP contribution in [0.5, 0.6) is 0 Å². The van der Waals surface area contributed by atoms with Gasteiger partial charge in [-0.15, -0.1) is 21.1 Å². The summed E-state index contributed by atoms with van der Waals surface area (Å²) in [5.41, 5.74) is 16.4. The summed E-state index contributed by atoms with van der Waals surface area (Å²) in [7, 11) is 1.69. The lowest BCUT2D eigenvalue weighted by Crippen LogP contribution is -2.58. The number of amides is 2. The highest BCUT2D eigenvalue weighted by Gasteiger charge is 2.48. The van der Waals surface area contributed by atoms with Gasteiger partial charge in [0.05, 0.1) is 23.8 Å². The highest BCUT2D eigenvalue weighted by atomic mass is 32.2. The number of oxime groups is 1. The fourth-order valence-corrected chi connectivity index (χ4v) is 6.38. The van der Waals surface area contributed by atoms with E-state index in [-0.39, 0.29) is 72.1 Å². The summed E-state index contributed by atoms with van der Waals surface area (Å²) >= 11 is -0.539. The quantitative estimate of drug-likeness (QED) is 0.0334. The molecule has 2 aliphatic rings. The van der Waals surface area contributed by atoms with Gasteiger partial charge in [-0.05, 0) is 13.8 Å². The summed E-state index contributed by atoms with van der Waals surface area (Å²) in [6.07, 6.45) is 1.58. The van der Waals surface area contributed by atoms with Crippen molar-refractivity contribution in [1.29, 1.82) is 0 Å². The summed E-state index contributed by atoms with van der Waals surface area (Å²) in [4.78, 5) is 60.2. The van der Waals surface area contributed by atoms with E-state index in [4.69, 9.17) is 36.1 Å². The predicted octanol–water partition coefficient (Wildman–Crippen LogP) is -2.93. The number of nitrogens with one attached hydrogen (secondary N) is 2. The van der Waals surface area contributed by atoms with Gasteiger partial charge in [-0.3, -0.25) is 10.1 Å². The summed E-state index contributed by atoms with van der Waals surface area (Å²) in [6, 6.07) is -0.470. The molecule has 25 heteroatoms. The molecule has 2 aromatic heterocycles. The van der Waals surface area contributed by atoms with Gasteiger partial charge in [-0.25, -0.2) is 18.6 Å². The molecule has 0 spiro atoms. The Balaban J connectivity index is 0.00000121. The van der Waals surface area contributed by atoms with Crippen molar-refractivity contribution in [2.45, 2.75) is 37.8 Å². The first-order valence-electron chi connectivity index (χ1n) is 14.0. The third-order valence-corrected chi connectivity index (χ3v) is 9.16. The lowest BCUT2D eigenvalue weighted by molar-refractivity contribution is -0.765. The first-order valence-corrected chi connectivity index (χ1v) is 16.8. The van der Waals surface area contributed by atoms with Crippen molar-refractivity contribution >= 4 is 80.8 Å². The van der Waals surface area contributed by atoms with Crippen molar-refractivity contribution < 1.29 is 57.3 Å². The number of nitrogen functional groups attached to an aromatic ring is 2. The first-order chi connectivity index (χ1) is 23.0. The molecule has 0 saturated carbocycles. The molecule has 1 unspecified atom stereocenters. The number of nitrogens with zero attached hydrogens (tertiary/aromatic N) is 6. The van der Waals surface area contributed by atoms with Gasteiger partial charge in [0.2, 0.25) is 17.6 Å². The number of carbonyl (C=O) groups is 4. The molecule has 0 aromatic carbocycles. The Kier molecular flexibility index (Phi) is 13.4. The molecule has 0 bridgehead atoms. The summed E-state index contributed by atoms with van der Waals surface area (Å²) in [6.45, 7) is 3.60. The molecule has 0 aliphatic carbocycles. The number of ketones is 1. The Morgan fingerprint density at radius 1 is 1.29 bits per heavy atom. The molecule has 49 heavy (non-hydrogen) atoms. The van der Waals surface area contributed by atoms with Crippen LogP contribution in [-0.2, 0) is 48.5 Å². The Bertz CT molecular complexity index is 1660. The number of fused-ring (bicyclic) bond motifs is 1. The van der Waals surface area contributed by atoms with Crippen LogP contribution in [0, 0.1) is 5.92 Å². The van der Waals surface area contributed by atoms with Crippen LogP contribution in [-0.4, -0.2) is 104 Å². The maximum Gasteiger partial charge on any atom is 0.352 e. The number of rotatable bonds is 14. The van der Waals surface area contributed by atoms with Gasteiger partial charge in [0.15, 0.2) is 34.7 Å². The van der Waals surface area contributed by atoms with Crippen LogP contribution in [0.15, 0.2) is 22.6 Å². The first kappa shape index (κ1) is 39.0. The number of thioether (sulfide) groups is 1. The van der Waals surface area contributed by atoms with E-state index in [1.54, 1.807) is 27.5 Å². The molecule has 2 amide bonds. The van der Waals surface area contributed by atoms with Gasteiger partial charge in [-0.2, -0.15) is 9.36 Å². The second-order valence-corrected chi connectivity index (χ2v) is 13.2. The Hall–Kier alpha value is -4.40. The van der Waals surface area contributed by atoms with Gasteiger partial charge >= 0.3 is 18.0 Å². The van der Waals surface area contributed by atoms with Gasteiger partial charge in [0.1, 0.15) is 5.70 Å². The highest BCUT2D eigenvalue weighted by molar-refractivity contribution is 8.00. The number of Topliss-reactive ketones (excluding diaryl/α,β-unsaturated/α-hetero) is 1. The van der Waals surface area contributed by atoms with Crippen LogP contribution in [0.4, 0.5) is 21.4 Å². The van der Waals surface area contributed by atoms with Crippen LogP contribution in [0.3, 0.4) is 0 Å². The number of hydrogen-bond donors (Lipinski definition) is 7. The number of nitrogens with two attached hydrogens (primary N) is 3. The molecule has 2 aromatic rings. The molecule has 0 radical (unpaired) electrons. The van der Waals surface area contributed by atoms with Gasteiger partial charge in [-0.1, -0.05) is 5.16 Å². The van der Waals surface area contributed by atoms with Crippen LogP contribution < -0.4 is 37.8 Å². The Morgan fingerprint density at radius 3 is 2.51 bits per heavy atom. The van der Waals surface area contributed by atoms with E-state index in [0.717, 1.165) is 11.5 Å². The molecule has 270 valence electrons. The topological polar surface area (TPSA) is 343 Å². The average Bonchev–Trinajstić information content (AvgIpc) is 3.56. The minimum absolute atomic E-state index is 0.0322. The normalized spacial score (nSPS) is 18.0. The van der Waals surface area contributed by atoms with Crippen LogP contribution in [0.2, 0.25) is 0 Å². The number of carbonyl (C=O) groups excluding carboxylic acids is 2. The average molecular weight is 749 g/mol. The lowest BCUT2D eigenvalue weighted by atomic mass is 9.90. The van der Waals surface area contributed by atoms with Gasteiger partial charge < -0.3 is 56.6 Å². The van der Waals surface area contributed by atoms with E-state index in [9.17, 15) is 29.4 Å². The second-order valence-electron chi connectivity index (χ2n) is 10.8. The van der Waals surface area contributed by atoms with E-state index in [1.165, 1.54) is 25.6 Å². The molecule has 10 N–H and O–H groups in total. The SMILES string of the molecule is Cn1c(N)c(NC(=O)NCCN)c[n+]1CC1=C(C(=O)O)N2C[C@@H](CC(=O)/C(=N\OC(C)(C)C(=O)O)c3nsc(N)n3)[C@H]2SC1.O=S([O-])O[O-]. The van der Waals surface area contributed by atoms with Gasteiger partial charge in [0.25, 0.3) is 0 Å². The lowest BCUT2D eigenvalue weighted by Gasteiger charge is -2.51. The summed E-state index contributed by atoms with van der Waals surface area (Å²) < 4.78 is 27.4. The predicted molar refractivity (Wildman–Crippen MR) is 170 cm³/mol. The van der Waals surface area contributed by atoms with Crippen LogP contribution in [0.1, 0.15) is 26.1 Å². The fraction of sp³-hybridized carbons (Fsp3) is 0.500. The van der Waals surface area contributed by atoms with Gasteiger partial charge in [0, 0.05) is 54.8 Å². The van der Waals surface area contributed by atoms with Crippen molar-refractivity contribution in [3.8, 4) is 0 Å². The second kappa shape index (κ2) is 16.8. The maximum atomic E-state index is 13.4. The molecule has 1 fully saturated rings. The zero-order valence-corrected chi connectivity index (χ0v) is 28.6. The summed E-state index contributed by atoms with van der Waals surface area (Å²) in [5.74, 6) is -2.56. The number of carboxylic acid groups (broad SMARTS) is 2. The van der Waals surface area contributed by atoms with Crippen molar-refractivity contribution in [3.05, 3.63) is 23.3 Å². The molecule has 2 aliphatic heterocycles. The third-order valence-electron chi connectivity index (χ3n) is 7.01. The molecule has 4 rings (SSSR count). The molecule has 3 atom stereocenters. The van der Waals surface area contributed by atoms with E-state index < -0.39 is 40.7 Å². The van der Waals surface area contributed by atoms with Crippen molar-refractivity contribution in [2.75, 3.05) is 42.2 Å². The molecule has 1 saturated heterocycles. The number of aliphatic carboxylic acids is 2. The van der Waals surface area contributed by atoms with E-state index in [0.29, 0.717) is 17.0 Å². The minimum atomic E-state index is -2.88. The molecular weight excluding hydrogens is 715 g/mol. The minimum Gasteiger partial charge on any atom is -0.750 e. The van der Waals surface area contributed by atoms with Crippen LogP contribution >= 0.6 is 23.3 Å². The number of aromatic nitrogens is 4. The molecular formula is C24H34N11O11S3-. The maximum absolute atomic E-state index is 13.4. The summed E-state index contributed by atoms with van der Waals surface area (Å²) in [5, 5.41) is 36.8. The number of anilines is 3.